The molecule has 0 aliphatic carbocycles. The fourth-order valence-corrected chi connectivity index (χ4v) is 4.27. The number of morpholine rings is 1. The summed E-state index contributed by atoms with van der Waals surface area (Å²) in [5.41, 5.74) is 0.977. The van der Waals surface area contributed by atoms with Crippen LogP contribution < -0.4 is 10.2 Å². The lowest BCUT2D eigenvalue weighted by Crippen LogP contribution is -2.54. The number of nitrogens with zero attached hydrogens (tertiary/aromatic N) is 5. The smallest absolute Gasteiger partial charge is 0.193 e. The first-order valence-corrected chi connectivity index (χ1v) is 10.9. The van der Waals surface area contributed by atoms with Gasteiger partial charge >= 0.3 is 0 Å². The number of halogens is 1. The lowest BCUT2D eigenvalue weighted by molar-refractivity contribution is 0.0168. The first-order chi connectivity index (χ1) is 15.2. The number of piperazine rings is 1. The van der Waals surface area contributed by atoms with E-state index in [-0.39, 0.29) is 11.9 Å². The largest absolute Gasteiger partial charge is 0.379 e. The number of ether oxygens (including phenoxy) is 1. The van der Waals surface area contributed by atoms with E-state index in [0.717, 1.165) is 56.6 Å². The number of anilines is 1. The van der Waals surface area contributed by atoms with Gasteiger partial charge in [0.1, 0.15) is 11.6 Å². The molecule has 4 rings (SSSR count). The molecule has 0 saturated carbocycles. The zero-order valence-corrected chi connectivity index (χ0v) is 18.1. The Labute approximate surface area is 183 Å². The number of guanidine groups is 1. The highest BCUT2D eigenvalue weighted by Crippen LogP contribution is 2.22. The Kier molecular flexibility index (Phi) is 7.32. The normalized spacial score (nSPS) is 19.4. The number of aliphatic imine (C=N–C) groups is 1. The molecule has 1 aromatic carbocycles. The van der Waals surface area contributed by atoms with E-state index >= 15 is 0 Å². The minimum Gasteiger partial charge on any atom is -0.379 e. The number of aromatic nitrogens is 1. The molecule has 2 aliphatic heterocycles. The van der Waals surface area contributed by atoms with E-state index in [9.17, 15) is 4.39 Å². The Balaban J connectivity index is 1.39. The average Bonchev–Trinajstić information content (AvgIpc) is 2.83. The number of hydrogen-bond acceptors (Lipinski definition) is 5. The van der Waals surface area contributed by atoms with Crippen LogP contribution in [0.15, 0.2) is 53.7 Å². The van der Waals surface area contributed by atoms with Crippen molar-refractivity contribution in [2.24, 2.45) is 4.99 Å². The van der Waals surface area contributed by atoms with Crippen molar-refractivity contribution in [2.45, 2.75) is 6.04 Å². The van der Waals surface area contributed by atoms with Crippen molar-refractivity contribution >= 4 is 11.8 Å². The van der Waals surface area contributed by atoms with Gasteiger partial charge in [-0.2, -0.15) is 0 Å². The number of rotatable bonds is 5. The predicted molar refractivity (Wildman–Crippen MR) is 121 cm³/mol. The fraction of sp³-hybridized carbons (Fsp3) is 0.478. The third-order valence-electron chi connectivity index (χ3n) is 5.94. The number of hydrogen-bond donors (Lipinski definition) is 1. The average molecular weight is 427 g/mol. The molecular formula is C23H31FN6O. The highest BCUT2D eigenvalue weighted by molar-refractivity contribution is 5.80. The summed E-state index contributed by atoms with van der Waals surface area (Å²) >= 11 is 0. The summed E-state index contributed by atoms with van der Waals surface area (Å²) in [7, 11) is 1.82. The van der Waals surface area contributed by atoms with Crippen molar-refractivity contribution in [3.05, 3.63) is 60.0 Å². The van der Waals surface area contributed by atoms with Crippen LogP contribution in [0.25, 0.3) is 0 Å². The molecule has 2 fully saturated rings. The molecule has 166 valence electrons. The molecule has 2 saturated heterocycles. The van der Waals surface area contributed by atoms with E-state index in [1.165, 1.54) is 6.07 Å². The molecule has 1 unspecified atom stereocenters. The van der Waals surface area contributed by atoms with Crippen molar-refractivity contribution < 1.29 is 9.13 Å². The Morgan fingerprint density at radius 3 is 2.58 bits per heavy atom. The van der Waals surface area contributed by atoms with Gasteiger partial charge in [-0.3, -0.25) is 9.89 Å². The maximum Gasteiger partial charge on any atom is 0.193 e. The Bertz CT molecular complexity index is 850. The lowest BCUT2D eigenvalue weighted by Gasteiger charge is -2.39. The summed E-state index contributed by atoms with van der Waals surface area (Å²) in [4.78, 5) is 15.9. The van der Waals surface area contributed by atoms with Gasteiger partial charge in [-0.1, -0.05) is 18.2 Å². The second-order valence-corrected chi connectivity index (χ2v) is 7.81. The number of pyridine rings is 1. The van der Waals surface area contributed by atoms with Gasteiger partial charge < -0.3 is 19.9 Å². The van der Waals surface area contributed by atoms with Crippen molar-refractivity contribution in [1.82, 2.24) is 20.1 Å². The van der Waals surface area contributed by atoms with E-state index in [1.807, 2.05) is 31.4 Å². The molecule has 0 spiro atoms. The monoisotopic (exact) mass is 426 g/mol. The Morgan fingerprint density at radius 1 is 1.10 bits per heavy atom. The van der Waals surface area contributed by atoms with Crippen LogP contribution in [0.5, 0.6) is 0 Å². The van der Waals surface area contributed by atoms with Crippen LogP contribution in [0.3, 0.4) is 0 Å². The van der Waals surface area contributed by atoms with Gasteiger partial charge in [-0.25, -0.2) is 9.37 Å². The maximum absolute atomic E-state index is 13.9. The molecule has 2 aliphatic rings. The van der Waals surface area contributed by atoms with E-state index < -0.39 is 0 Å². The van der Waals surface area contributed by atoms with E-state index in [0.29, 0.717) is 19.8 Å². The zero-order chi connectivity index (χ0) is 21.5. The van der Waals surface area contributed by atoms with Crippen molar-refractivity contribution in [2.75, 3.05) is 71.0 Å². The lowest BCUT2D eigenvalue weighted by atomic mass is 10.0. The van der Waals surface area contributed by atoms with Crippen LogP contribution in [-0.4, -0.2) is 86.8 Å². The minimum absolute atomic E-state index is 0.0613. The summed E-state index contributed by atoms with van der Waals surface area (Å²) in [5, 5.41) is 3.55. The molecule has 0 amide bonds. The van der Waals surface area contributed by atoms with Crippen LogP contribution in [0.4, 0.5) is 10.2 Å². The van der Waals surface area contributed by atoms with E-state index in [1.54, 1.807) is 12.1 Å². The molecule has 7 nitrogen and oxygen atoms in total. The van der Waals surface area contributed by atoms with Crippen LogP contribution in [0, 0.1) is 5.82 Å². The summed E-state index contributed by atoms with van der Waals surface area (Å²) < 4.78 is 19.4. The van der Waals surface area contributed by atoms with Gasteiger partial charge in [-0.15, -0.1) is 0 Å². The third kappa shape index (κ3) is 5.51. The summed E-state index contributed by atoms with van der Waals surface area (Å²) in [6, 6.07) is 13.0. The minimum atomic E-state index is -0.203. The number of benzene rings is 1. The molecule has 8 heteroatoms. The maximum atomic E-state index is 13.9. The highest BCUT2D eigenvalue weighted by atomic mass is 19.1. The van der Waals surface area contributed by atoms with Crippen molar-refractivity contribution in [3.8, 4) is 0 Å². The molecular weight excluding hydrogens is 395 g/mol. The topological polar surface area (TPSA) is 56.2 Å². The second kappa shape index (κ2) is 10.5. The van der Waals surface area contributed by atoms with Crippen LogP contribution in [0.1, 0.15) is 11.6 Å². The van der Waals surface area contributed by atoms with Gasteiger partial charge in [0.2, 0.25) is 0 Å². The SMILES string of the molecule is CN=C(NCC(c1cccc(F)c1)N1CCOCC1)N1CCN(c2ccccn2)CC1. The molecule has 1 atom stereocenters. The fourth-order valence-electron chi connectivity index (χ4n) is 4.27. The Morgan fingerprint density at radius 2 is 1.90 bits per heavy atom. The van der Waals surface area contributed by atoms with Gasteiger partial charge in [0.25, 0.3) is 0 Å². The zero-order valence-electron chi connectivity index (χ0n) is 18.1. The second-order valence-electron chi connectivity index (χ2n) is 7.81. The summed E-state index contributed by atoms with van der Waals surface area (Å²) in [6.07, 6.45) is 1.83. The van der Waals surface area contributed by atoms with Crippen LogP contribution >= 0.6 is 0 Å². The molecule has 1 aromatic heterocycles. The molecule has 1 N–H and O–H groups in total. The number of nitrogens with one attached hydrogen (secondary N) is 1. The molecule has 31 heavy (non-hydrogen) atoms. The van der Waals surface area contributed by atoms with Crippen molar-refractivity contribution in [1.29, 1.82) is 0 Å². The highest BCUT2D eigenvalue weighted by Gasteiger charge is 2.25. The Hall–Kier alpha value is -2.71. The van der Waals surface area contributed by atoms with E-state index in [4.69, 9.17) is 4.74 Å². The summed E-state index contributed by atoms with van der Waals surface area (Å²) in [5.74, 6) is 1.70. The quantitative estimate of drug-likeness (QED) is 0.583. The molecule has 0 radical (unpaired) electrons. The molecule has 0 bridgehead atoms. The van der Waals surface area contributed by atoms with Gasteiger partial charge in [0.05, 0.1) is 19.3 Å². The van der Waals surface area contributed by atoms with Crippen LogP contribution in [0.2, 0.25) is 0 Å². The predicted octanol–water partition coefficient (Wildman–Crippen LogP) is 1.99. The van der Waals surface area contributed by atoms with Gasteiger partial charge in [0.15, 0.2) is 5.96 Å². The van der Waals surface area contributed by atoms with Gasteiger partial charge in [-0.05, 0) is 29.8 Å². The first-order valence-electron chi connectivity index (χ1n) is 10.9. The molecule has 2 aromatic rings. The van der Waals surface area contributed by atoms with Crippen molar-refractivity contribution in [3.63, 3.8) is 0 Å². The van der Waals surface area contributed by atoms with E-state index in [2.05, 4.69) is 36.1 Å². The standard InChI is InChI=1S/C23H31FN6O/c1-25-23(30-11-9-29(10-12-30)22-7-2-3-8-26-22)27-18-21(28-13-15-31-16-14-28)19-5-4-6-20(24)17-19/h2-8,17,21H,9-16,18H2,1H3,(H,25,27). The van der Waals surface area contributed by atoms with Gasteiger partial charge in [0, 0.05) is 59.1 Å². The van der Waals surface area contributed by atoms with Crippen LogP contribution in [-0.2, 0) is 4.74 Å². The summed E-state index contributed by atoms with van der Waals surface area (Å²) in [6.45, 7) is 7.29. The molecule has 3 heterocycles. The third-order valence-corrected chi connectivity index (χ3v) is 5.94. The first kappa shape index (κ1) is 21.5.